The average Bonchev–Trinajstić information content (AvgIpc) is 2.58. The van der Waals surface area contributed by atoms with Crippen LogP contribution in [0.15, 0.2) is 48.5 Å². The lowest BCUT2D eigenvalue weighted by Gasteiger charge is -2.10. The van der Waals surface area contributed by atoms with E-state index in [9.17, 15) is 9.59 Å². The molecule has 5 heteroatoms. The molecule has 0 atom stereocenters. The first-order valence-corrected chi connectivity index (χ1v) is 8.81. The van der Waals surface area contributed by atoms with Crippen LogP contribution >= 0.6 is 0 Å². The van der Waals surface area contributed by atoms with Gasteiger partial charge in [-0.05, 0) is 43.0 Å². The van der Waals surface area contributed by atoms with Gasteiger partial charge in [-0.2, -0.15) is 0 Å². The molecule has 2 aromatic carbocycles. The standard InChI is InChI=1S/C21H26N2O3/c1-15(2)14-26-21(25)23-19-9-5-8-18(13-19)22-20(24)11-10-17-7-4-6-16(3)12-17/h4-9,12-13,15H,10-11,14H2,1-3H3,(H,22,24)(H,23,25). The van der Waals surface area contributed by atoms with Gasteiger partial charge in [-0.1, -0.05) is 49.7 Å². The maximum atomic E-state index is 12.2. The van der Waals surface area contributed by atoms with E-state index >= 15 is 0 Å². The molecule has 0 bridgehead atoms. The molecule has 2 amide bonds. The van der Waals surface area contributed by atoms with Crippen molar-refractivity contribution < 1.29 is 14.3 Å². The summed E-state index contributed by atoms with van der Waals surface area (Å²) in [6, 6.07) is 15.2. The van der Waals surface area contributed by atoms with Gasteiger partial charge in [-0.3, -0.25) is 10.1 Å². The van der Waals surface area contributed by atoms with Crippen LogP contribution in [0.1, 0.15) is 31.4 Å². The molecule has 5 nitrogen and oxygen atoms in total. The average molecular weight is 354 g/mol. The van der Waals surface area contributed by atoms with Crippen LogP contribution in [0.2, 0.25) is 0 Å². The molecule has 2 rings (SSSR count). The third-order valence-corrected chi connectivity index (χ3v) is 3.66. The molecule has 138 valence electrons. The first-order chi connectivity index (χ1) is 12.4. The Bertz CT molecular complexity index is 756. The van der Waals surface area contributed by atoms with Crippen molar-refractivity contribution >= 4 is 23.4 Å². The number of aryl methyl sites for hydroxylation is 2. The predicted molar refractivity (Wildman–Crippen MR) is 104 cm³/mol. The van der Waals surface area contributed by atoms with Crippen molar-refractivity contribution in [3.05, 3.63) is 59.7 Å². The fourth-order valence-corrected chi connectivity index (χ4v) is 2.42. The van der Waals surface area contributed by atoms with E-state index < -0.39 is 6.09 Å². The number of anilines is 2. The second kappa shape index (κ2) is 9.61. The molecule has 0 aliphatic rings. The molecule has 2 N–H and O–H groups in total. The van der Waals surface area contributed by atoms with Crippen LogP contribution in [0, 0.1) is 12.8 Å². The predicted octanol–water partition coefficient (Wildman–Crippen LogP) is 4.77. The first kappa shape index (κ1) is 19.5. The Labute approximate surface area is 154 Å². The van der Waals surface area contributed by atoms with Crippen LogP contribution in [0.25, 0.3) is 0 Å². The monoisotopic (exact) mass is 354 g/mol. The lowest BCUT2D eigenvalue weighted by atomic mass is 10.1. The summed E-state index contributed by atoms with van der Waals surface area (Å²) in [6.45, 7) is 6.34. The quantitative estimate of drug-likeness (QED) is 0.752. The first-order valence-electron chi connectivity index (χ1n) is 8.81. The topological polar surface area (TPSA) is 67.4 Å². The Kier molecular flexibility index (Phi) is 7.21. The maximum absolute atomic E-state index is 12.2. The van der Waals surface area contributed by atoms with Gasteiger partial charge in [-0.15, -0.1) is 0 Å². The molecule has 26 heavy (non-hydrogen) atoms. The molecule has 0 unspecified atom stereocenters. The number of carbonyl (C=O) groups is 2. The second-order valence-corrected chi connectivity index (χ2v) is 6.74. The van der Waals surface area contributed by atoms with Crippen molar-refractivity contribution in [1.29, 1.82) is 0 Å². The Balaban J connectivity index is 1.85. The molecule has 0 aliphatic heterocycles. The van der Waals surface area contributed by atoms with Crippen molar-refractivity contribution in [3.63, 3.8) is 0 Å². The number of benzene rings is 2. The number of amides is 2. The lowest BCUT2D eigenvalue weighted by Crippen LogP contribution is -2.17. The van der Waals surface area contributed by atoms with E-state index in [0.29, 0.717) is 30.8 Å². The third-order valence-electron chi connectivity index (χ3n) is 3.66. The summed E-state index contributed by atoms with van der Waals surface area (Å²) in [6.07, 6.45) is 0.589. The largest absolute Gasteiger partial charge is 0.449 e. The third kappa shape index (κ3) is 6.97. The number of carbonyl (C=O) groups excluding carboxylic acids is 2. The highest BCUT2D eigenvalue weighted by Gasteiger charge is 2.07. The van der Waals surface area contributed by atoms with E-state index in [-0.39, 0.29) is 11.8 Å². The van der Waals surface area contributed by atoms with Crippen molar-refractivity contribution in [1.82, 2.24) is 0 Å². The van der Waals surface area contributed by atoms with E-state index in [1.807, 2.05) is 39.0 Å². The van der Waals surface area contributed by atoms with Gasteiger partial charge >= 0.3 is 6.09 Å². The van der Waals surface area contributed by atoms with Gasteiger partial charge in [0.1, 0.15) is 0 Å². The molecular formula is C21H26N2O3. The Hall–Kier alpha value is -2.82. The van der Waals surface area contributed by atoms with Crippen LogP contribution in [0.4, 0.5) is 16.2 Å². The Morgan fingerprint density at radius 3 is 2.38 bits per heavy atom. The Morgan fingerprint density at radius 2 is 1.69 bits per heavy atom. The normalized spacial score (nSPS) is 10.5. The molecule has 2 aromatic rings. The SMILES string of the molecule is Cc1cccc(CCC(=O)Nc2cccc(NC(=O)OCC(C)C)c2)c1. The van der Waals surface area contributed by atoms with Crippen LogP contribution in [0.3, 0.4) is 0 Å². The van der Waals surface area contributed by atoms with Gasteiger partial charge in [0.25, 0.3) is 0 Å². The van der Waals surface area contributed by atoms with Crippen LogP contribution in [-0.4, -0.2) is 18.6 Å². The Morgan fingerprint density at radius 1 is 1.00 bits per heavy atom. The molecule has 0 saturated heterocycles. The second-order valence-electron chi connectivity index (χ2n) is 6.74. The van der Waals surface area contributed by atoms with E-state index in [0.717, 1.165) is 5.56 Å². The zero-order valence-corrected chi connectivity index (χ0v) is 15.5. The van der Waals surface area contributed by atoms with Crippen molar-refractivity contribution in [3.8, 4) is 0 Å². The minimum Gasteiger partial charge on any atom is -0.449 e. The zero-order valence-electron chi connectivity index (χ0n) is 15.5. The minimum absolute atomic E-state index is 0.0639. The summed E-state index contributed by atoms with van der Waals surface area (Å²) >= 11 is 0. The van der Waals surface area contributed by atoms with Gasteiger partial charge in [0.15, 0.2) is 0 Å². The summed E-state index contributed by atoms with van der Waals surface area (Å²) in [5, 5.41) is 5.52. The molecule has 0 saturated carbocycles. The molecule has 0 aromatic heterocycles. The number of nitrogens with one attached hydrogen (secondary N) is 2. The summed E-state index contributed by atoms with van der Waals surface area (Å²) in [4.78, 5) is 23.9. The summed E-state index contributed by atoms with van der Waals surface area (Å²) in [5.74, 6) is 0.214. The minimum atomic E-state index is -0.498. The fraction of sp³-hybridized carbons (Fsp3) is 0.333. The summed E-state index contributed by atoms with van der Waals surface area (Å²) < 4.78 is 5.09. The van der Waals surface area contributed by atoms with E-state index in [2.05, 4.69) is 16.7 Å². The highest BCUT2D eigenvalue weighted by molar-refractivity contribution is 5.92. The summed E-state index contributed by atoms with van der Waals surface area (Å²) in [5.41, 5.74) is 3.55. The molecule has 0 fully saturated rings. The van der Waals surface area contributed by atoms with Gasteiger partial charge in [0.2, 0.25) is 5.91 Å². The van der Waals surface area contributed by atoms with Crippen molar-refractivity contribution in [2.24, 2.45) is 5.92 Å². The van der Waals surface area contributed by atoms with E-state index in [1.165, 1.54) is 5.56 Å². The molecule has 0 heterocycles. The zero-order chi connectivity index (χ0) is 18.9. The van der Waals surface area contributed by atoms with Crippen LogP contribution in [0.5, 0.6) is 0 Å². The van der Waals surface area contributed by atoms with Gasteiger partial charge in [0, 0.05) is 17.8 Å². The molecule has 0 spiro atoms. The van der Waals surface area contributed by atoms with Crippen LogP contribution in [-0.2, 0) is 16.0 Å². The maximum Gasteiger partial charge on any atom is 0.411 e. The number of hydrogen-bond donors (Lipinski definition) is 2. The molecule has 0 aliphatic carbocycles. The van der Waals surface area contributed by atoms with Crippen LogP contribution < -0.4 is 10.6 Å². The lowest BCUT2D eigenvalue weighted by molar-refractivity contribution is -0.116. The van der Waals surface area contributed by atoms with E-state index in [4.69, 9.17) is 4.74 Å². The molecular weight excluding hydrogens is 328 g/mol. The van der Waals surface area contributed by atoms with Gasteiger partial charge in [0.05, 0.1) is 6.61 Å². The number of ether oxygens (including phenoxy) is 1. The summed E-state index contributed by atoms with van der Waals surface area (Å²) in [7, 11) is 0. The highest BCUT2D eigenvalue weighted by Crippen LogP contribution is 2.16. The number of rotatable bonds is 7. The van der Waals surface area contributed by atoms with E-state index in [1.54, 1.807) is 24.3 Å². The van der Waals surface area contributed by atoms with Gasteiger partial charge < -0.3 is 10.1 Å². The highest BCUT2D eigenvalue weighted by atomic mass is 16.5. The molecule has 0 radical (unpaired) electrons. The van der Waals surface area contributed by atoms with Gasteiger partial charge in [-0.25, -0.2) is 4.79 Å². The smallest absolute Gasteiger partial charge is 0.411 e. The van der Waals surface area contributed by atoms with Crippen molar-refractivity contribution in [2.75, 3.05) is 17.2 Å². The fourth-order valence-electron chi connectivity index (χ4n) is 2.42. The number of hydrogen-bond acceptors (Lipinski definition) is 3. The van der Waals surface area contributed by atoms with Crippen molar-refractivity contribution in [2.45, 2.75) is 33.6 Å².